The third kappa shape index (κ3) is 4.63. The van der Waals surface area contributed by atoms with Crippen molar-refractivity contribution in [2.45, 2.75) is 18.9 Å². The van der Waals surface area contributed by atoms with Gasteiger partial charge in [0.05, 0.1) is 20.6 Å². The minimum Gasteiger partial charge on any atom is -0.469 e. The van der Waals surface area contributed by atoms with Gasteiger partial charge in [-0.15, -0.1) is 0 Å². The number of carbonyl (C=O) groups is 3. The molecule has 0 bridgehead atoms. The predicted octanol–water partition coefficient (Wildman–Crippen LogP) is 2.40. The first-order valence-electron chi connectivity index (χ1n) is 9.12. The van der Waals surface area contributed by atoms with E-state index in [0.717, 1.165) is 16.5 Å². The molecule has 3 aromatic rings. The zero-order chi connectivity index (χ0) is 20.8. The van der Waals surface area contributed by atoms with Gasteiger partial charge in [-0.3, -0.25) is 9.59 Å². The molecule has 1 heterocycles. The van der Waals surface area contributed by atoms with Crippen LogP contribution in [-0.2, 0) is 31.9 Å². The van der Waals surface area contributed by atoms with E-state index in [1.165, 1.54) is 14.2 Å². The molecule has 0 radical (unpaired) electrons. The summed E-state index contributed by atoms with van der Waals surface area (Å²) in [5.74, 6) is -1.46. The summed E-state index contributed by atoms with van der Waals surface area (Å²) >= 11 is 0. The maximum atomic E-state index is 12.9. The molecule has 7 nitrogen and oxygen atoms in total. The van der Waals surface area contributed by atoms with Crippen LogP contribution in [0, 0.1) is 0 Å². The fourth-order valence-electron chi connectivity index (χ4n) is 3.22. The molecule has 0 spiro atoms. The Bertz CT molecular complexity index is 1040. The number of aromatic amines is 1. The van der Waals surface area contributed by atoms with Crippen molar-refractivity contribution in [3.05, 3.63) is 71.4 Å². The number of ether oxygens (including phenoxy) is 2. The number of fused-ring (bicyclic) bond motifs is 1. The Morgan fingerprint density at radius 2 is 1.69 bits per heavy atom. The number of carbonyl (C=O) groups excluding carboxylic acids is 3. The second-order valence-electron chi connectivity index (χ2n) is 6.52. The first-order chi connectivity index (χ1) is 14.0. The van der Waals surface area contributed by atoms with Gasteiger partial charge >= 0.3 is 11.9 Å². The van der Waals surface area contributed by atoms with Crippen molar-refractivity contribution in [2.75, 3.05) is 14.2 Å². The van der Waals surface area contributed by atoms with Gasteiger partial charge in [0.25, 0.3) is 5.91 Å². The molecule has 2 N–H and O–H groups in total. The lowest BCUT2D eigenvalue weighted by Gasteiger charge is -2.17. The van der Waals surface area contributed by atoms with E-state index >= 15 is 0 Å². The number of methoxy groups -OCH3 is 2. The Labute approximate surface area is 168 Å². The number of hydrogen-bond acceptors (Lipinski definition) is 5. The van der Waals surface area contributed by atoms with Crippen molar-refractivity contribution in [1.82, 2.24) is 10.3 Å². The van der Waals surface area contributed by atoms with Crippen LogP contribution in [0.15, 0.2) is 54.7 Å². The third-order valence-corrected chi connectivity index (χ3v) is 4.71. The highest BCUT2D eigenvalue weighted by Gasteiger charge is 2.25. The third-order valence-electron chi connectivity index (χ3n) is 4.71. The van der Waals surface area contributed by atoms with Crippen molar-refractivity contribution < 1.29 is 23.9 Å². The van der Waals surface area contributed by atoms with Crippen molar-refractivity contribution in [2.24, 2.45) is 0 Å². The molecule has 1 aromatic heterocycles. The number of H-pyrrole nitrogens is 1. The standard InChI is InChI=1S/C22H22N2O5/c1-28-20(25)12-14-7-3-4-9-17(14)21(26)24-19(22(27)29-2)11-15-13-23-18-10-6-5-8-16(15)18/h3-10,13,19,23H,11-12H2,1-2H3,(H,24,26)/t19-/m0/s1. The van der Waals surface area contributed by atoms with Gasteiger partial charge in [-0.1, -0.05) is 36.4 Å². The summed E-state index contributed by atoms with van der Waals surface area (Å²) in [5, 5.41) is 3.71. The topological polar surface area (TPSA) is 97.5 Å². The molecule has 7 heteroatoms. The highest BCUT2D eigenvalue weighted by atomic mass is 16.5. The van der Waals surface area contributed by atoms with E-state index in [1.807, 2.05) is 30.5 Å². The molecule has 0 aliphatic carbocycles. The highest BCUT2D eigenvalue weighted by Crippen LogP contribution is 2.20. The maximum Gasteiger partial charge on any atom is 0.328 e. The summed E-state index contributed by atoms with van der Waals surface area (Å²) in [7, 11) is 2.57. The van der Waals surface area contributed by atoms with E-state index in [2.05, 4.69) is 15.0 Å². The van der Waals surface area contributed by atoms with Gasteiger partial charge in [0.2, 0.25) is 0 Å². The SMILES string of the molecule is COC(=O)Cc1ccccc1C(=O)N[C@@H](Cc1c[nH]c2ccccc12)C(=O)OC. The number of aromatic nitrogens is 1. The fourth-order valence-corrected chi connectivity index (χ4v) is 3.22. The van der Waals surface area contributed by atoms with Crippen molar-refractivity contribution in [3.8, 4) is 0 Å². The van der Waals surface area contributed by atoms with Gasteiger partial charge < -0.3 is 19.8 Å². The lowest BCUT2D eigenvalue weighted by Crippen LogP contribution is -2.43. The quantitative estimate of drug-likeness (QED) is 0.600. The Morgan fingerprint density at radius 1 is 0.966 bits per heavy atom. The van der Waals surface area contributed by atoms with Crippen molar-refractivity contribution in [1.29, 1.82) is 0 Å². The van der Waals surface area contributed by atoms with E-state index < -0.39 is 23.9 Å². The average Bonchev–Trinajstić information content (AvgIpc) is 3.15. The Morgan fingerprint density at radius 3 is 2.45 bits per heavy atom. The van der Waals surface area contributed by atoms with Gasteiger partial charge in [-0.2, -0.15) is 0 Å². The molecular formula is C22H22N2O5. The van der Waals surface area contributed by atoms with E-state index in [9.17, 15) is 14.4 Å². The summed E-state index contributed by atoms with van der Waals surface area (Å²) in [6, 6.07) is 13.6. The van der Waals surface area contributed by atoms with Crippen LogP contribution >= 0.6 is 0 Å². The van der Waals surface area contributed by atoms with Crippen LogP contribution in [0.25, 0.3) is 10.9 Å². The summed E-state index contributed by atoms with van der Waals surface area (Å²) in [5.41, 5.74) is 2.67. The van der Waals surface area contributed by atoms with E-state index in [0.29, 0.717) is 11.1 Å². The van der Waals surface area contributed by atoms with Gasteiger partial charge in [0, 0.05) is 29.1 Å². The lowest BCUT2D eigenvalue weighted by atomic mass is 10.0. The molecule has 0 aliphatic heterocycles. The van der Waals surface area contributed by atoms with Gasteiger partial charge in [-0.05, 0) is 23.3 Å². The molecule has 0 unspecified atom stereocenters. The lowest BCUT2D eigenvalue weighted by molar-refractivity contribution is -0.143. The largest absolute Gasteiger partial charge is 0.469 e. The number of esters is 2. The molecule has 29 heavy (non-hydrogen) atoms. The fraction of sp³-hybridized carbons (Fsp3) is 0.227. The molecule has 1 amide bonds. The van der Waals surface area contributed by atoms with Gasteiger partial charge in [-0.25, -0.2) is 4.79 Å². The second-order valence-corrected chi connectivity index (χ2v) is 6.52. The predicted molar refractivity (Wildman–Crippen MR) is 107 cm³/mol. The molecule has 3 rings (SSSR count). The number of rotatable bonds is 7. The molecular weight excluding hydrogens is 372 g/mol. The van der Waals surface area contributed by atoms with Gasteiger partial charge in [0.1, 0.15) is 6.04 Å². The van der Waals surface area contributed by atoms with Gasteiger partial charge in [0.15, 0.2) is 0 Å². The molecule has 2 aromatic carbocycles. The molecule has 0 saturated heterocycles. The average molecular weight is 394 g/mol. The number of para-hydroxylation sites is 1. The molecule has 0 saturated carbocycles. The number of hydrogen-bond donors (Lipinski definition) is 2. The number of amides is 1. The van der Waals surface area contributed by atoms with Crippen LogP contribution in [0.3, 0.4) is 0 Å². The second kappa shape index (κ2) is 9.05. The van der Waals surface area contributed by atoms with Crippen LogP contribution in [-0.4, -0.2) is 43.1 Å². The monoisotopic (exact) mass is 394 g/mol. The normalized spacial score (nSPS) is 11.7. The van der Waals surface area contributed by atoms with E-state index in [4.69, 9.17) is 4.74 Å². The number of nitrogens with one attached hydrogen (secondary N) is 2. The zero-order valence-corrected chi connectivity index (χ0v) is 16.2. The highest BCUT2D eigenvalue weighted by molar-refractivity contribution is 5.99. The van der Waals surface area contributed by atoms with Crippen molar-refractivity contribution in [3.63, 3.8) is 0 Å². The Hall–Kier alpha value is -3.61. The first-order valence-corrected chi connectivity index (χ1v) is 9.12. The van der Waals surface area contributed by atoms with Crippen LogP contribution in [0.5, 0.6) is 0 Å². The van der Waals surface area contributed by atoms with Crippen LogP contribution < -0.4 is 5.32 Å². The molecule has 150 valence electrons. The number of benzene rings is 2. The first kappa shape index (κ1) is 20.1. The summed E-state index contributed by atoms with van der Waals surface area (Å²) < 4.78 is 9.57. The summed E-state index contributed by atoms with van der Waals surface area (Å²) in [6.07, 6.45) is 2.05. The van der Waals surface area contributed by atoms with Crippen LogP contribution in [0.2, 0.25) is 0 Å². The van der Waals surface area contributed by atoms with Crippen LogP contribution in [0.1, 0.15) is 21.5 Å². The molecule has 0 fully saturated rings. The van der Waals surface area contributed by atoms with E-state index in [1.54, 1.807) is 24.3 Å². The zero-order valence-electron chi connectivity index (χ0n) is 16.2. The van der Waals surface area contributed by atoms with Crippen LogP contribution in [0.4, 0.5) is 0 Å². The summed E-state index contributed by atoms with van der Waals surface area (Å²) in [4.78, 5) is 40.0. The Balaban J connectivity index is 1.83. The smallest absolute Gasteiger partial charge is 0.328 e. The van der Waals surface area contributed by atoms with E-state index in [-0.39, 0.29) is 12.8 Å². The Kier molecular flexibility index (Phi) is 6.29. The molecule has 1 atom stereocenters. The minimum atomic E-state index is -0.877. The minimum absolute atomic E-state index is 0.0363. The van der Waals surface area contributed by atoms with Crippen molar-refractivity contribution >= 4 is 28.7 Å². The summed E-state index contributed by atoms with van der Waals surface area (Å²) in [6.45, 7) is 0. The maximum absolute atomic E-state index is 12.9. The molecule has 0 aliphatic rings.